The second-order valence-corrected chi connectivity index (χ2v) is 5.41. The topological polar surface area (TPSA) is 26.3 Å². The van der Waals surface area contributed by atoms with Crippen molar-refractivity contribution in [3.63, 3.8) is 0 Å². The molecule has 0 heterocycles. The zero-order valence-electron chi connectivity index (χ0n) is 10.9. The van der Waals surface area contributed by atoms with Gasteiger partial charge in [-0.15, -0.1) is 0 Å². The Morgan fingerprint density at radius 3 is 1.77 bits per heavy atom. The van der Waals surface area contributed by atoms with Crippen LogP contribution in [0.3, 0.4) is 0 Å². The number of benzene rings is 2. The van der Waals surface area contributed by atoms with Crippen LogP contribution in [-0.2, 0) is 6.18 Å². The molecule has 0 aliphatic heterocycles. The second-order valence-electron chi connectivity index (χ2n) is 4.31. The minimum Gasteiger partial charge on any atom is -0.457 e. The van der Waals surface area contributed by atoms with Gasteiger partial charge in [0, 0.05) is 5.56 Å². The van der Waals surface area contributed by atoms with Crippen LogP contribution in [0.4, 0.5) is 13.2 Å². The van der Waals surface area contributed by atoms with Gasteiger partial charge >= 0.3 is 6.18 Å². The van der Waals surface area contributed by atoms with E-state index >= 15 is 0 Å². The van der Waals surface area contributed by atoms with Crippen LogP contribution >= 0.6 is 23.2 Å². The molecule has 0 N–H and O–H groups in total. The van der Waals surface area contributed by atoms with Gasteiger partial charge in [0.15, 0.2) is 10.6 Å². The van der Waals surface area contributed by atoms with Gasteiger partial charge in [0.2, 0.25) is 0 Å². The molecule has 2 aromatic rings. The van der Waals surface area contributed by atoms with Crippen molar-refractivity contribution >= 4 is 29.0 Å². The number of hydrogen-bond donors (Lipinski definition) is 0. The van der Waals surface area contributed by atoms with Crippen molar-refractivity contribution < 1.29 is 22.7 Å². The summed E-state index contributed by atoms with van der Waals surface area (Å²) in [5.74, 6) is 0.182. The van der Waals surface area contributed by atoms with E-state index in [1.807, 2.05) is 0 Å². The van der Waals surface area contributed by atoms with Crippen molar-refractivity contribution in [2.75, 3.05) is 0 Å². The summed E-state index contributed by atoms with van der Waals surface area (Å²) < 4.78 is 42.7. The molecule has 116 valence electrons. The molecule has 7 heteroatoms. The molecule has 0 aromatic heterocycles. The average molecular weight is 349 g/mol. The molecule has 2 aromatic carbocycles. The number of rotatable bonds is 4. The lowest BCUT2D eigenvalue weighted by Gasteiger charge is -2.09. The number of hydrogen-bond acceptors (Lipinski definition) is 2. The molecule has 0 aliphatic rings. The molecule has 0 amide bonds. The van der Waals surface area contributed by atoms with E-state index in [1.165, 1.54) is 36.4 Å². The molecule has 0 fully saturated rings. The maximum Gasteiger partial charge on any atom is 0.416 e. The van der Waals surface area contributed by atoms with Crippen LogP contribution in [0.5, 0.6) is 11.5 Å². The Hall–Kier alpha value is -1.72. The Morgan fingerprint density at radius 2 is 1.36 bits per heavy atom. The van der Waals surface area contributed by atoms with Gasteiger partial charge in [0.1, 0.15) is 11.5 Å². The fraction of sp³-hybridized carbons (Fsp3) is 0.133. The highest BCUT2D eigenvalue weighted by molar-refractivity contribution is 6.55. The number of carbonyl (C=O) groups excluding carboxylic acids is 1. The molecule has 0 radical (unpaired) electrons. The molecule has 2 nitrogen and oxygen atoms in total. The number of Topliss-reactive ketones (excluding diaryl/α,β-unsaturated/α-hetero) is 1. The summed E-state index contributed by atoms with van der Waals surface area (Å²) in [5.41, 5.74) is -0.439. The number of ketones is 1. The molecule has 0 unspecified atom stereocenters. The first-order valence-corrected chi connectivity index (χ1v) is 6.92. The highest BCUT2D eigenvalue weighted by Gasteiger charge is 2.30. The SMILES string of the molecule is O=C(c1ccc(Oc2ccc(C(F)(F)F)cc2)cc1)C(Cl)Cl. The van der Waals surface area contributed by atoms with E-state index in [4.69, 9.17) is 27.9 Å². The highest BCUT2D eigenvalue weighted by atomic mass is 35.5. The van der Waals surface area contributed by atoms with Crippen LogP contribution in [0.1, 0.15) is 15.9 Å². The van der Waals surface area contributed by atoms with Gasteiger partial charge in [0.05, 0.1) is 5.56 Å². The van der Waals surface area contributed by atoms with E-state index in [2.05, 4.69) is 0 Å². The Labute approximate surface area is 134 Å². The van der Waals surface area contributed by atoms with Gasteiger partial charge in [-0.2, -0.15) is 13.2 Å². The lowest BCUT2D eigenvalue weighted by atomic mass is 10.1. The van der Waals surface area contributed by atoms with E-state index < -0.39 is 22.4 Å². The first-order valence-electron chi connectivity index (χ1n) is 6.05. The third-order valence-corrected chi connectivity index (χ3v) is 3.15. The first-order chi connectivity index (χ1) is 10.3. The molecule has 0 bridgehead atoms. The highest BCUT2D eigenvalue weighted by Crippen LogP contribution is 2.31. The zero-order chi connectivity index (χ0) is 16.3. The lowest BCUT2D eigenvalue weighted by molar-refractivity contribution is -0.137. The van der Waals surface area contributed by atoms with Crippen molar-refractivity contribution in [3.05, 3.63) is 59.7 Å². The Kier molecular flexibility index (Phi) is 4.98. The smallest absolute Gasteiger partial charge is 0.416 e. The van der Waals surface area contributed by atoms with Crippen LogP contribution < -0.4 is 4.74 Å². The van der Waals surface area contributed by atoms with E-state index in [1.54, 1.807) is 0 Å². The molecule has 2 rings (SSSR count). The van der Waals surface area contributed by atoms with Crippen LogP contribution in [0.2, 0.25) is 0 Å². The monoisotopic (exact) mass is 348 g/mol. The third-order valence-electron chi connectivity index (χ3n) is 2.75. The number of carbonyl (C=O) groups is 1. The maximum atomic E-state index is 12.4. The van der Waals surface area contributed by atoms with Crippen molar-refractivity contribution in [2.24, 2.45) is 0 Å². The second kappa shape index (κ2) is 6.58. The van der Waals surface area contributed by atoms with Crippen molar-refractivity contribution in [1.82, 2.24) is 0 Å². The number of halogens is 5. The van der Waals surface area contributed by atoms with E-state index in [0.717, 1.165) is 12.1 Å². The van der Waals surface area contributed by atoms with Gasteiger partial charge in [-0.25, -0.2) is 0 Å². The predicted molar refractivity (Wildman–Crippen MR) is 77.8 cm³/mol. The van der Waals surface area contributed by atoms with Crippen molar-refractivity contribution in [1.29, 1.82) is 0 Å². The molecular formula is C15H9Cl2F3O2. The summed E-state index contributed by atoms with van der Waals surface area (Å²) in [6.45, 7) is 0. The third kappa shape index (κ3) is 4.15. The summed E-state index contributed by atoms with van der Waals surface area (Å²) in [4.78, 5) is 10.4. The minimum absolute atomic E-state index is 0.250. The van der Waals surface area contributed by atoms with Gasteiger partial charge in [-0.05, 0) is 48.5 Å². The van der Waals surface area contributed by atoms with Crippen LogP contribution in [-0.4, -0.2) is 10.6 Å². The summed E-state index contributed by atoms with van der Waals surface area (Å²) in [5, 5.41) is 0. The zero-order valence-corrected chi connectivity index (χ0v) is 12.4. The summed E-state index contributed by atoms with van der Waals surface area (Å²) in [6.07, 6.45) is -4.39. The molecule has 0 atom stereocenters. The van der Waals surface area contributed by atoms with Crippen LogP contribution in [0.15, 0.2) is 48.5 Å². The molecule has 0 aliphatic carbocycles. The quantitative estimate of drug-likeness (QED) is 0.539. The molecule has 0 saturated heterocycles. The Balaban J connectivity index is 2.09. The van der Waals surface area contributed by atoms with Gasteiger partial charge in [0.25, 0.3) is 0 Å². The molecular weight excluding hydrogens is 340 g/mol. The van der Waals surface area contributed by atoms with E-state index in [-0.39, 0.29) is 5.75 Å². The molecule has 0 saturated carbocycles. The largest absolute Gasteiger partial charge is 0.457 e. The maximum absolute atomic E-state index is 12.4. The number of alkyl halides is 5. The lowest BCUT2D eigenvalue weighted by Crippen LogP contribution is -2.07. The normalized spacial score (nSPS) is 11.5. The predicted octanol–water partition coefficient (Wildman–Crippen LogP) is 5.48. The van der Waals surface area contributed by atoms with E-state index in [0.29, 0.717) is 11.3 Å². The summed E-state index contributed by atoms with van der Waals surface area (Å²) >= 11 is 11.0. The molecule has 0 spiro atoms. The fourth-order valence-electron chi connectivity index (χ4n) is 1.66. The first kappa shape index (κ1) is 16.6. The molecule has 22 heavy (non-hydrogen) atoms. The average Bonchev–Trinajstić information content (AvgIpc) is 2.47. The van der Waals surface area contributed by atoms with Crippen molar-refractivity contribution in [2.45, 2.75) is 11.0 Å². The number of ether oxygens (including phenoxy) is 1. The fourth-order valence-corrected chi connectivity index (χ4v) is 1.91. The summed E-state index contributed by atoms with van der Waals surface area (Å²) in [7, 11) is 0. The van der Waals surface area contributed by atoms with Gasteiger partial charge in [-0.3, -0.25) is 4.79 Å². The van der Waals surface area contributed by atoms with Crippen LogP contribution in [0, 0.1) is 0 Å². The van der Waals surface area contributed by atoms with Crippen molar-refractivity contribution in [3.8, 4) is 11.5 Å². The minimum atomic E-state index is -4.39. The standard InChI is InChI=1S/C15H9Cl2F3O2/c16-14(17)13(21)9-1-5-11(6-2-9)22-12-7-3-10(4-8-12)15(18,19)20/h1-8,14H. The van der Waals surface area contributed by atoms with Gasteiger partial charge in [-0.1, -0.05) is 23.2 Å². The van der Waals surface area contributed by atoms with E-state index in [9.17, 15) is 18.0 Å². The Bertz CT molecular complexity index is 650. The Morgan fingerprint density at radius 1 is 0.909 bits per heavy atom. The summed E-state index contributed by atoms with van der Waals surface area (Å²) in [6, 6.07) is 10.2. The van der Waals surface area contributed by atoms with Crippen LogP contribution in [0.25, 0.3) is 0 Å². The van der Waals surface area contributed by atoms with Gasteiger partial charge < -0.3 is 4.74 Å².